The van der Waals surface area contributed by atoms with Gasteiger partial charge in [0.15, 0.2) is 0 Å². The number of likely N-dealkylation sites (tertiary alicyclic amines) is 1. The average molecular weight is 388 g/mol. The van der Waals surface area contributed by atoms with Gasteiger partial charge in [0.1, 0.15) is 0 Å². The van der Waals surface area contributed by atoms with E-state index in [0.29, 0.717) is 17.7 Å². The molecule has 0 radical (unpaired) electrons. The summed E-state index contributed by atoms with van der Waals surface area (Å²) in [6.45, 7) is 7.46. The van der Waals surface area contributed by atoms with Gasteiger partial charge in [-0.3, -0.25) is 19.3 Å². The summed E-state index contributed by atoms with van der Waals surface area (Å²) in [5, 5.41) is 19.3. The molecule has 1 aromatic carbocycles. The molecule has 2 heterocycles. The molecule has 0 bridgehead atoms. The molecule has 28 heavy (non-hydrogen) atoms. The third kappa shape index (κ3) is 3.33. The van der Waals surface area contributed by atoms with Gasteiger partial charge < -0.3 is 15.1 Å². The third-order valence-corrected chi connectivity index (χ3v) is 5.78. The van der Waals surface area contributed by atoms with Crippen LogP contribution in [-0.2, 0) is 4.79 Å². The molecule has 2 N–H and O–H groups in total. The van der Waals surface area contributed by atoms with Gasteiger partial charge in [0.25, 0.3) is 11.8 Å². The van der Waals surface area contributed by atoms with Gasteiger partial charge in [0.2, 0.25) is 5.91 Å². The summed E-state index contributed by atoms with van der Waals surface area (Å²) < 4.78 is 0. The Morgan fingerprint density at radius 1 is 1.07 bits per heavy atom. The maximum atomic E-state index is 13.1. The summed E-state index contributed by atoms with van der Waals surface area (Å²) in [4.78, 5) is 41.6. The van der Waals surface area contributed by atoms with Crippen molar-refractivity contribution in [3.8, 4) is 0 Å². The van der Waals surface area contributed by atoms with Crippen molar-refractivity contribution < 1.29 is 24.6 Å². The SMILES string of the molecule is CC(C)(CC(C)(C)N1C(=O)c2ccccc2C1=O)C(=O)N1C[C@@H](CO)[C@@H](O)C1. The molecular formula is C21H28N2O5. The van der Waals surface area contributed by atoms with E-state index in [2.05, 4.69) is 0 Å². The van der Waals surface area contributed by atoms with E-state index in [4.69, 9.17) is 0 Å². The summed E-state index contributed by atoms with van der Waals surface area (Å²) in [5.74, 6) is -1.19. The van der Waals surface area contributed by atoms with Crippen molar-refractivity contribution in [1.29, 1.82) is 0 Å². The highest BCUT2D eigenvalue weighted by Gasteiger charge is 2.48. The van der Waals surface area contributed by atoms with Crippen LogP contribution in [0.2, 0.25) is 0 Å². The number of carbonyl (C=O) groups excluding carboxylic acids is 3. The van der Waals surface area contributed by atoms with E-state index in [1.54, 1.807) is 56.9 Å². The number of benzene rings is 1. The Labute approximate surface area is 164 Å². The van der Waals surface area contributed by atoms with E-state index < -0.39 is 17.1 Å². The van der Waals surface area contributed by atoms with Crippen molar-refractivity contribution in [1.82, 2.24) is 9.80 Å². The summed E-state index contributed by atoms with van der Waals surface area (Å²) in [6.07, 6.45) is -0.463. The molecule has 2 aliphatic heterocycles. The Morgan fingerprint density at radius 2 is 1.61 bits per heavy atom. The second kappa shape index (κ2) is 6.97. The molecule has 0 unspecified atom stereocenters. The summed E-state index contributed by atoms with van der Waals surface area (Å²) >= 11 is 0. The van der Waals surface area contributed by atoms with E-state index in [0.717, 1.165) is 0 Å². The molecule has 1 aromatic rings. The third-order valence-electron chi connectivity index (χ3n) is 5.78. The van der Waals surface area contributed by atoms with Crippen molar-refractivity contribution in [2.24, 2.45) is 11.3 Å². The molecule has 1 fully saturated rings. The highest BCUT2D eigenvalue weighted by atomic mass is 16.3. The zero-order valence-electron chi connectivity index (χ0n) is 16.8. The molecule has 3 rings (SSSR count). The minimum atomic E-state index is -0.874. The van der Waals surface area contributed by atoms with Gasteiger partial charge in [-0.25, -0.2) is 0 Å². The van der Waals surface area contributed by atoms with Crippen molar-refractivity contribution in [3.05, 3.63) is 35.4 Å². The number of fused-ring (bicyclic) bond motifs is 1. The Balaban J connectivity index is 1.79. The second-order valence-electron chi connectivity index (χ2n) is 9.08. The topological polar surface area (TPSA) is 98.2 Å². The van der Waals surface area contributed by atoms with E-state index in [-0.39, 0.29) is 43.2 Å². The molecule has 0 aliphatic carbocycles. The lowest BCUT2D eigenvalue weighted by Crippen LogP contribution is -2.52. The smallest absolute Gasteiger partial charge is 0.262 e. The molecule has 1 saturated heterocycles. The molecule has 0 spiro atoms. The predicted molar refractivity (Wildman–Crippen MR) is 103 cm³/mol. The minimum absolute atomic E-state index is 0.160. The van der Waals surface area contributed by atoms with E-state index in [9.17, 15) is 24.6 Å². The highest BCUT2D eigenvalue weighted by molar-refractivity contribution is 6.21. The lowest BCUT2D eigenvalue weighted by Gasteiger charge is -2.40. The lowest BCUT2D eigenvalue weighted by molar-refractivity contribution is -0.141. The van der Waals surface area contributed by atoms with Crippen molar-refractivity contribution in [2.75, 3.05) is 19.7 Å². The van der Waals surface area contributed by atoms with E-state index in [1.165, 1.54) is 4.90 Å². The number of hydrogen-bond donors (Lipinski definition) is 2. The standard InChI is InChI=1S/C21H28N2O5/c1-20(2,19(28)22-9-13(11-24)16(25)10-22)12-21(3,4)23-17(26)14-7-5-6-8-15(14)18(23)27/h5-8,13,16,24-25H,9-12H2,1-4H3/t13-,16-/m0/s1. The van der Waals surface area contributed by atoms with E-state index >= 15 is 0 Å². The summed E-state index contributed by atoms with van der Waals surface area (Å²) in [7, 11) is 0. The molecule has 3 amide bonds. The lowest BCUT2D eigenvalue weighted by atomic mass is 9.78. The number of amides is 3. The highest BCUT2D eigenvalue weighted by Crippen LogP contribution is 2.38. The average Bonchev–Trinajstić information content (AvgIpc) is 3.11. The maximum Gasteiger partial charge on any atom is 0.262 e. The van der Waals surface area contributed by atoms with Gasteiger partial charge in [-0.05, 0) is 32.4 Å². The van der Waals surface area contributed by atoms with E-state index in [1.807, 2.05) is 0 Å². The molecule has 7 heteroatoms. The quantitative estimate of drug-likeness (QED) is 0.741. The normalized spacial score (nSPS) is 22.8. The summed E-state index contributed by atoms with van der Waals surface area (Å²) in [6, 6.07) is 6.74. The Morgan fingerprint density at radius 3 is 2.07 bits per heavy atom. The van der Waals surface area contributed by atoms with Crippen LogP contribution >= 0.6 is 0 Å². The molecular weight excluding hydrogens is 360 g/mol. The van der Waals surface area contributed by atoms with Crippen molar-refractivity contribution in [3.63, 3.8) is 0 Å². The second-order valence-corrected chi connectivity index (χ2v) is 9.08. The van der Waals surface area contributed by atoms with Crippen LogP contribution in [0.4, 0.5) is 0 Å². The number of nitrogens with zero attached hydrogens (tertiary/aromatic N) is 2. The van der Waals surface area contributed by atoms with Crippen LogP contribution in [0.3, 0.4) is 0 Å². The van der Waals surface area contributed by atoms with Gasteiger partial charge in [0, 0.05) is 30.0 Å². The van der Waals surface area contributed by atoms with Gasteiger partial charge in [-0.15, -0.1) is 0 Å². The number of carbonyl (C=O) groups is 3. The number of hydrogen-bond acceptors (Lipinski definition) is 5. The fourth-order valence-electron chi connectivity index (χ4n) is 4.60. The Bertz CT molecular complexity index is 782. The first-order valence-electron chi connectivity index (χ1n) is 9.56. The zero-order chi connectivity index (χ0) is 20.9. The molecule has 2 atom stereocenters. The van der Waals surface area contributed by atoms with Crippen LogP contribution in [0.1, 0.15) is 54.8 Å². The Hall–Kier alpha value is -2.25. The van der Waals surface area contributed by atoms with Gasteiger partial charge >= 0.3 is 0 Å². The fraction of sp³-hybridized carbons (Fsp3) is 0.571. The zero-order valence-corrected chi connectivity index (χ0v) is 16.8. The van der Waals surface area contributed by atoms with Crippen molar-refractivity contribution in [2.45, 2.75) is 45.8 Å². The van der Waals surface area contributed by atoms with Gasteiger partial charge in [-0.2, -0.15) is 0 Å². The predicted octanol–water partition coefficient (Wildman–Crippen LogP) is 1.29. The number of aliphatic hydroxyl groups is 2. The fourth-order valence-corrected chi connectivity index (χ4v) is 4.60. The summed E-state index contributed by atoms with van der Waals surface area (Å²) in [5.41, 5.74) is -0.958. The first-order valence-corrected chi connectivity index (χ1v) is 9.56. The first kappa shape index (κ1) is 20.5. The number of imide groups is 1. The van der Waals surface area contributed by atoms with Gasteiger partial charge in [-0.1, -0.05) is 26.0 Å². The van der Waals surface area contributed by atoms with Crippen LogP contribution in [0.25, 0.3) is 0 Å². The van der Waals surface area contributed by atoms with Gasteiger partial charge in [0.05, 0.1) is 23.8 Å². The molecule has 7 nitrogen and oxygen atoms in total. The van der Waals surface area contributed by atoms with Crippen LogP contribution in [0.15, 0.2) is 24.3 Å². The number of β-amino-alcohol motifs (C(OH)–C–C–N with tert-alkyl or cyclic N) is 1. The van der Waals surface area contributed by atoms with Crippen LogP contribution in [-0.4, -0.2) is 69.1 Å². The van der Waals surface area contributed by atoms with Crippen LogP contribution in [0, 0.1) is 11.3 Å². The molecule has 0 aromatic heterocycles. The molecule has 152 valence electrons. The molecule has 0 saturated carbocycles. The molecule has 2 aliphatic rings. The number of aliphatic hydroxyl groups excluding tert-OH is 2. The van der Waals surface area contributed by atoms with Crippen LogP contribution in [0.5, 0.6) is 0 Å². The van der Waals surface area contributed by atoms with Crippen molar-refractivity contribution >= 4 is 17.7 Å². The largest absolute Gasteiger partial charge is 0.396 e. The maximum absolute atomic E-state index is 13.1. The number of rotatable bonds is 5. The monoisotopic (exact) mass is 388 g/mol. The minimum Gasteiger partial charge on any atom is -0.396 e. The Kier molecular flexibility index (Phi) is 5.10. The van der Waals surface area contributed by atoms with Crippen LogP contribution < -0.4 is 0 Å². The first-order chi connectivity index (χ1) is 13.0.